The van der Waals surface area contributed by atoms with Gasteiger partial charge < -0.3 is 10.6 Å². The van der Waals surface area contributed by atoms with Crippen molar-refractivity contribution in [3.05, 3.63) is 84.2 Å². The van der Waals surface area contributed by atoms with E-state index in [1.54, 1.807) is 6.20 Å². The molecule has 3 rings (SSSR count). The van der Waals surface area contributed by atoms with E-state index in [0.29, 0.717) is 11.7 Å². The number of nitrogens with zero attached hydrogens (tertiary/aromatic N) is 2. The Hall–Kier alpha value is -2.66. The Kier molecular flexibility index (Phi) is 5.01. The SMILES string of the molecule is S=C(NCc1ccccc1)Nc1cccc(Cn2cccn2)c1. The topological polar surface area (TPSA) is 41.9 Å². The Morgan fingerprint density at radius 3 is 2.61 bits per heavy atom. The fourth-order valence-electron chi connectivity index (χ4n) is 2.28. The van der Waals surface area contributed by atoms with Crippen LogP contribution in [0.1, 0.15) is 11.1 Å². The van der Waals surface area contributed by atoms with Crippen LogP contribution >= 0.6 is 12.2 Å². The second kappa shape index (κ2) is 7.56. The van der Waals surface area contributed by atoms with Gasteiger partial charge >= 0.3 is 0 Å². The lowest BCUT2D eigenvalue weighted by Crippen LogP contribution is -2.27. The lowest BCUT2D eigenvalue weighted by Gasteiger charge is -2.12. The van der Waals surface area contributed by atoms with Crippen LogP contribution in [0.4, 0.5) is 5.69 Å². The molecule has 0 spiro atoms. The van der Waals surface area contributed by atoms with Gasteiger partial charge in [0, 0.05) is 24.6 Å². The molecule has 116 valence electrons. The summed E-state index contributed by atoms with van der Waals surface area (Å²) in [5, 5.41) is 11.3. The van der Waals surface area contributed by atoms with Gasteiger partial charge in [-0.1, -0.05) is 42.5 Å². The highest BCUT2D eigenvalue weighted by molar-refractivity contribution is 7.80. The predicted octanol–water partition coefficient (Wildman–Crippen LogP) is 3.42. The molecule has 0 unspecified atom stereocenters. The third-order valence-corrected chi connectivity index (χ3v) is 3.63. The molecule has 2 N–H and O–H groups in total. The largest absolute Gasteiger partial charge is 0.358 e. The fourth-order valence-corrected chi connectivity index (χ4v) is 2.47. The van der Waals surface area contributed by atoms with Crippen LogP contribution in [0.15, 0.2) is 73.1 Å². The molecule has 0 saturated carbocycles. The van der Waals surface area contributed by atoms with Crippen LogP contribution in [0.3, 0.4) is 0 Å². The highest BCUT2D eigenvalue weighted by atomic mass is 32.1. The van der Waals surface area contributed by atoms with E-state index in [1.807, 2.05) is 47.3 Å². The molecular weight excluding hydrogens is 304 g/mol. The number of rotatable bonds is 5. The van der Waals surface area contributed by atoms with Gasteiger partial charge in [-0.25, -0.2) is 0 Å². The molecule has 0 bridgehead atoms. The summed E-state index contributed by atoms with van der Waals surface area (Å²) in [6.07, 6.45) is 3.73. The summed E-state index contributed by atoms with van der Waals surface area (Å²) < 4.78 is 1.89. The summed E-state index contributed by atoms with van der Waals surface area (Å²) in [7, 11) is 0. The molecule has 5 heteroatoms. The molecule has 23 heavy (non-hydrogen) atoms. The Bertz CT molecular complexity index is 754. The first-order valence-electron chi connectivity index (χ1n) is 7.45. The van der Waals surface area contributed by atoms with E-state index in [1.165, 1.54) is 11.1 Å². The smallest absolute Gasteiger partial charge is 0.171 e. The molecule has 4 nitrogen and oxygen atoms in total. The molecule has 0 aliphatic rings. The van der Waals surface area contributed by atoms with Crippen molar-refractivity contribution in [1.82, 2.24) is 15.1 Å². The van der Waals surface area contributed by atoms with Crippen LogP contribution in [-0.2, 0) is 13.1 Å². The summed E-state index contributed by atoms with van der Waals surface area (Å²) >= 11 is 5.35. The summed E-state index contributed by atoms with van der Waals surface area (Å²) in [5.74, 6) is 0. The molecule has 0 aliphatic carbocycles. The second-order valence-electron chi connectivity index (χ2n) is 5.20. The molecule has 0 amide bonds. The van der Waals surface area contributed by atoms with Crippen molar-refractivity contribution < 1.29 is 0 Å². The Morgan fingerprint density at radius 1 is 1.00 bits per heavy atom. The van der Waals surface area contributed by atoms with Gasteiger partial charge in [0.2, 0.25) is 0 Å². The van der Waals surface area contributed by atoms with E-state index < -0.39 is 0 Å². The molecule has 2 aromatic carbocycles. The van der Waals surface area contributed by atoms with Crippen molar-refractivity contribution in [2.45, 2.75) is 13.1 Å². The molecule has 0 saturated heterocycles. The van der Waals surface area contributed by atoms with Crippen molar-refractivity contribution in [2.24, 2.45) is 0 Å². The molecule has 0 atom stereocenters. The summed E-state index contributed by atoms with van der Waals surface area (Å²) in [5.41, 5.74) is 3.34. The van der Waals surface area contributed by atoms with Crippen molar-refractivity contribution in [3.8, 4) is 0 Å². The zero-order valence-electron chi connectivity index (χ0n) is 12.6. The minimum Gasteiger partial charge on any atom is -0.358 e. The van der Waals surface area contributed by atoms with Gasteiger partial charge in [0.15, 0.2) is 5.11 Å². The maximum absolute atomic E-state index is 5.35. The number of aromatic nitrogens is 2. The molecule has 1 aromatic heterocycles. The summed E-state index contributed by atoms with van der Waals surface area (Å²) in [4.78, 5) is 0. The van der Waals surface area contributed by atoms with Crippen LogP contribution < -0.4 is 10.6 Å². The normalized spacial score (nSPS) is 10.3. The number of hydrogen-bond donors (Lipinski definition) is 2. The number of benzene rings is 2. The molecule has 1 heterocycles. The van der Waals surface area contributed by atoms with Crippen LogP contribution in [-0.4, -0.2) is 14.9 Å². The number of anilines is 1. The van der Waals surface area contributed by atoms with E-state index in [9.17, 15) is 0 Å². The number of thiocarbonyl (C=S) groups is 1. The Labute approximate surface area is 141 Å². The summed E-state index contributed by atoms with van der Waals surface area (Å²) in [6, 6.07) is 20.3. The molecule has 0 radical (unpaired) electrons. The first kappa shape index (κ1) is 15.2. The van der Waals surface area contributed by atoms with Gasteiger partial charge in [0.05, 0.1) is 6.54 Å². The van der Waals surface area contributed by atoms with Crippen LogP contribution in [0, 0.1) is 0 Å². The highest BCUT2D eigenvalue weighted by Crippen LogP contribution is 2.11. The van der Waals surface area contributed by atoms with Gasteiger partial charge in [-0.15, -0.1) is 0 Å². The second-order valence-corrected chi connectivity index (χ2v) is 5.61. The minimum atomic E-state index is 0.616. The summed E-state index contributed by atoms with van der Waals surface area (Å²) in [6.45, 7) is 1.45. The Morgan fingerprint density at radius 2 is 1.83 bits per heavy atom. The molecular formula is C18H18N4S. The third-order valence-electron chi connectivity index (χ3n) is 3.38. The maximum atomic E-state index is 5.35. The maximum Gasteiger partial charge on any atom is 0.171 e. The first-order valence-corrected chi connectivity index (χ1v) is 7.85. The van der Waals surface area contributed by atoms with Crippen molar-refractivity contribution in [3.63, 3.8) is 0 Å². The quantitative estimate of drug-likeness (QED) is 0.706. The first-order chi connectivity index (χ1) is 11.3. The van der Waals surface area contributed by atoms with Gasteiger partial charge in [0.25, 0.3) is 0 Å². The van der Waals surface area contributed by atoms with E-state index >= 15 is 0 Å². The van der Waals surface area contributed by atoms with E-state index in [4.69, 9.17) is 12.2 Å². The number of nitrogens with one attached hydrogen (secondary N) is 2. The van der Waals surface area contributed by atoms with E-state index in [2.05, 4.69) is 40.0 Å². The number of hydrogen-bond acceptors (Lipinski definition) is 2. The van der Waals surface area contributed by atoms with Crippen LogP contribution in [0.2, 0.25) is 0 Å². The van der Waals surface area contributed by atoms with Crippen molar-refractivity contribution in [1.29, 1.82) is 0 Å². The average Bonchev–Trinajstić information content (AvgIpc) is 3.07. The molecule has 3 aromatic rings. The van der Waals surface area contributed by atoms with Gasteiger partial charge in [-0.3, -0.25) is 4.68 Å². The van der Waals surface area contributed by atoms with Crippen LogP contribution in [0.5, 0.6) is 0 Å². The van der Waals surface area contributed by atoms with Gasteiger partial charge in [0.1, 0.15) is 0 Å². The molecule has 0 aliphatic heterocycles. The van der Waals surface area contributed by atoms with E-state index in [-0.39, 0.29) is 0 Å². The van der Waals surface area contributed by atoms with Crippen LogP contribution in [0.25, 0.3) is 0 Å². The predicted molar refractivity (Wildman–Crippen MR) is 97.3 cm³/mol. The standard InChI is InChI=1S/C18H18N4S/c23-18(19-13-15-6-2-1-3-7-15)21-17-9-4-8-16(12-17)14-22-11-5-10-20-22/h1-12H,13-14H2,(H2,19,21,23). The van der Waals surface area contributed by atoms with Gasteiger partial charge in [-0.05, 0) is 41.5 Å². The van der Waals surface area contributed by atoms with Gasteiger partial charge in [-0.2, -0.15) is 5.10 Å². The third kappa shape index (κ3) is 4.66. The average molecular weight is 322 g/mol. The minimum absolute atomic E-state index is 0.616. The van der Waals surface area contributed by atoms with E-state index in [0.717, 1.165) is 12.2 Å². The lowest BCUT2D eigenvalue weighted by molar-refractivity contribution is 0.687. The monoisotopic (exact) mass is 322 g/mol. The zero-order chi connectivity index (χ0) is 15.9. The zero-order valence-corrected chi connectivity index (χ0v) is 13.5. The van der Waals surface area contributed by atoms with Crippen molar-refractivity contribution >= 4 is 23.0 Å². The Balaban J connectivity index is 1.56. The highest BCUT2D eigenvalue weighted by Gasteiger charge is 2.01. The fraction of sp³-hybridized carbons (Fsp3) is 0.111. The lowest BCUT2D eigenvalue weighted by atomic mass is 10.2. The van der Waals surface area contributed by atoms with Crippen molar-refractivity contribution in [2.75, 3.05) is 5.32 Å². The molecule has 0 fully saturated rings.